The predicted octanol–water partition coefficient (Wildman–Crippen LogP) is 3.11. The van der Waals surface area contributed by atoms with E-state index in [1.807, 2.05) is 45.0 Å². The second kappa shape index (κ2) is 13.2. The summed E-state index contributed by atoms with van der Waals surface area (Å²) >= 11 is 0. The monoisotopic (exact) mass is 519 g/mol. The Labute approximate surface area is 214 Å². The van der Waals surface area contributed by atoms with Gasteiger partial charge in [0, 0.05) is 19.2 Å². The largest absolute Gasteiger partial charge is 0.493 e. The Kier molecular flexibility index (Phi) is 10.6. The molecule has 198 valence electrons. The third-order valence-electron chi connectivity index (χ3n) is 5.74. The van der Waals surface area contributed by atoms with Crippen LogP contribution in [0.1, 0.15) is 37.8 Å². The maximum Gasteiger partial charge on any atom is 0.244 e. The van der Waals surface area contributed by atoms with Gasteiger partial charge in [-0.2, -0.15) is 0 Å². The van der Waals surface area contributed by atoms with Crippen LogP contribution in [0.3, 0.4) is 0 Å². The number of sulfonamides is 1. The van der Waals surface area contributed by atoms with Crippen molar-refractivity contribution in [2.24, 2.45) is 0 Å². The minimum Gasteiger partial charge on any atom is -0.493 e. The number of carbonyl (C=O) groups excluding carboxylic acids is 2. The van der Waals surface area contributed by atoms with Crippen molar-refractivity contribution in [1.82, 2.24) is 10.2 Å². The van der Waals surface area contributed by atoms with Gasteiger partial charge >= 0.3 is 0 Å². The SMILES string of the molecule is CCCNC(=O)[C@H](CC)N(Cc1ccc(C)cc1)C(=O)CN(c1ccc(OC)c(OC)c1)S(C)(=O)=O. The summed E-state index contributed by atoms with van der Waals surface area (Å²) in [4.78, 5) is 28.1. The molecule has 2 amide bonds. The highest BCUT2D eigenvalue weighted by molar-refractivity contribution is 7.92. The highest BCUT2D eigenvalue weighted by atomic mass is 32.2. The number of benzene rings is 2. The van der Waals surface area contributed by atoms with Gasteiger partial charge in [0.2, 0.25) is 21.8 Å². The van der Waals surface area contributed by atoms with Gasteiger partial charge in [0.25, 0.3) is 0 Å². The molecule has 0 aliphatic carbocycles. The zero-order valence-electron chi connectivity index (χ0n) is 21.9. The molecule has 36 heavy (non-hydrogen) atoms. The molecule has 1 atom stereocenters. The summed E-state index contributed by atoms with van der Waals surface area (Å²) in [6, 6.07) is 11.5. The number of nitrogens with one attached hydrogen (secondary N) is 1. The standard InChI is InChI=1S/C26H37N3O6S/c1-7-15-27-26(31)22(8-2)28(17-20-11-9-19(3)10-12-20)25(30)18-29(36(6,32)33)21-13-14-23(34-4)24(16-21)35-5/h9-14,16,22H,7-8,15,17-18H2,1-6H3,(H,27,31)/t22-/m0/s1. The summed E-state index contributed by atoms with van der Waals surface area (Å²) in [6.07, 6.45) is 2.17. The molecule has 0 radical (unpaired) electrons. The van der Waals surface area contributed by atoms with Crippen LogP contribution in [0.4, 0.5) is 5.69 Å². The van der Waals surface area contributed by atoms with Crippen LogP contribution in [0.25, 0.3) is 0 Å². The van der Waals surface area contributed by atoms with Crippen LogP contribution in [0.2, 0.25) is 0 Å². The van der Waals surface area contributed by atoms with Gasteiger partial charge in [-0.25, -0.2) is 8.42 Å². The number of amides is 2. The number of aryl methyl sites for hydroxylation is 1. The van der Waals surface area contributed by atoms with Crippen molar-refractivity contribution in [2.75, 3.05) is 37.9 Å². The van der Waals surface area contributed by atoms with Crippen molar-refractivity contribution in [3.05, 3.63) is 53.6 Å². The second-order valence-corrected chi connectivity index (χ2v) is 10.4. The number of hydrogen-bond acceptors (Lipinski definition) is 6. The predicted molar refractivity (Wildman–Crippen MR) is 141 cm³/mol. The fourth-order valence-electron chi connectivity index (χ4n) is 3.77. The van der Waals surface area contributed by atoms with Crippen molar-refractivity contribution >= 4 is 27.5 Å². The molecule has 0 aliphatic heterocycles. The zero-order chi connectivity index (χ0) is 26.9. The van der Waals surface area contributed by atoms with Gasteiger partial charge in [-0.3, -0.25) is 13.9 Å². The lowest BCUT2D eigenvalue weighted by atomic mass is 10.1. The summed E-state index contributed by atoms with van der Waals surface area (Å²) in [5, 5.41) is 2.86. The van der Waals surface area contributed by atoms with Crippen molar-refractivity contribution in [1.29, 1.82) is 0 Å². The van der Waals surface area contributed by atoms with Gasteiger partial charge < -0.3 is 19.7 Å². The van der Waals surface area contributed by atoms with Crippen LogP contribution in [-0.4, -0.2) is 64.7 Å². The highest BCUT2D eigenvalue weighted by Crippen LogP contribution is 2.32. The number of hydrogen-bond donors (Lipinski definition) is 1. The van der Waals surface area contributed by atoms with E-state index in [0.29, 0.717) is 24.5 Å². The second-order valence-electron chi connectivity index (χ2n) is 8.53. The molecule has 0 saturated heterocycles. The van der Waals surface area contributed by atoms with Crippen LogP contribution in [-0.2, 0) is 26.2 Å². The summed E-state index contributed by atoms with van der Waals surface area (Å²) in [5.74, 6) is 0.00442. The van der Waals surface area contributed by atoms with Gasteiger partial charge in [-0.1, -0.05) is 43.7 Å². The number of methoxy groups -OCH3 is 2. The zero-order valence-corrected chi connectivity index (χ0v) is 22.7. The van der Waals surface area contributed by atoms with E-state index in [-0.39, 0.29) is 18.1 Å². The van der Waals surface area contributed by atoms with E-state index >= 15 is 0 Å². The fourth-order valence-corrected chi connectivity index (χ4v) is 4.61. The number of rotatable bonds is 13. The van der Waals surface area contributed by atoms with Crippen molar-refractivity contribution in [3.63, 3.8) is 0 Å². The molecule has 0 unspecified atom stereocenters. The third kappa shape index (κ3) is 7.61. The van der Waals surface area contributed by atoms with Crippen molar-refractivity contribution < 1.29 is 27.5 Å². The minimum absolute atomic E-state index is 0.167. The van der Waals surface area contributed by atoms with Crippen molar-refractivity contribution in [2.45, 2.75) is 46.2 Å². The Balaban J connectivity index is 2.46. The Morgan fingerprint density at radius 2 is 1.64 bits per heavy atom. The van der Waals surface area contributed by atoms with Gasteiger partial charge in [-0.15, -0.1) is 0 Å². The molecule has 2 aromatic carbocycles. The fraction of sp³-hybridized carbons (Fsp3) is 0.462. The molecule has 2 rings (SSSR count). The number of carbonyl (C=O) groups is 2. The maximum absolute atomic E-state index is 13.7. The first-order valence-electron chi connectivity index (χ1n) is 11.9. The Morgan fingerprint density at radius 1 is 1.00 bits per heavy atom. The highest BCUT2D eigenvalue weighted by Gasteiger charge is 2.31. The topological polar surface area (TPSA) is 105 Å². The Hall–Kier alpha value is -3.27. The lowest BCUT2D eigenvalue weighted by molar-refractivity contribution is -0.140. The average Bonchev–Trinajstić information content (AvgIpc) is 2.85. The lowest BCUT2D eigenvalue weighted by Crippen LogP contribution is -2.52. The van der Waals surface area contributed by atoms with E-state index in [4.69, 9.17) is 9.47 Å². The smallest absolute Gasteiger partial charge is 0.244 e. The van der Waals surface area contributed by atoms with Crippen LogP contribution < -0.4 is 19.1 Å². The van der Waals surface area contributed by atoms with Gasteiger partial charge in [0.05, 0.1) is 26.2 Å². The summed E-state index contributed by atoms with van der Waals surface area (Å²) in [7, 11) is -0.922. The van der Waals surface area contributed by atoms with Crippen molar-refractivity contribution in [3.8, 4) is 11.5 Å². The molecular weight excluding hydrogens is 482 g/mol. The third-order valence-corrected chi connectivity index (χ3v) is 6.88. The molecule has 0 bridgehead atoms. The van der Waals surface area contributed by atoms with Crippen LogP contribution in [0.15, 0.2) is 42.5 Å². The molecule has 0 fully saturated rings. The number of anilines is 1. The maximum atomic E-state index is 13.7. The van der Waals surface area contributed by atoms with E-state index in [9.17, 15) is 18.0 Å². The molecule has 0 spiro atoms. The summed E-state index contributed by atoms with van der Waals surface area (Å²) < 4.78 is 37.1. The van der Waals surface area contributed by atoms with Crippen LogP contribution in [0, 0.1) is 6.92 Å². The molecule has 9 nitrogen and oxygen atoms in total. The van der Waals surface area contributed by atoms with E-state index in [1.165, 1.54) is 25.2 Å². The normalized spacial score (nSPS) is 11.9. The summed E-state index contributed by atoms with van der Waals surface area (Å²) in [6.45, 7) is 5.92. The molecular formula is C26H37N3O6S. The van der Waals surface area contributed by atoms with Gasteiger partial charge in [-0.05, 0) is 37.5 Å². The van der Waals surface area contributed by atoms with Crippen LogP contribution in [0.5, 0.6) is 11.5 Å². The molecule has 1 N–H and O–H groups in total. The number of ether oxygens (including phenoxy) is 2. The van der Waals surface area contributed by atoms with E-state index in [1.54, 1.807) is 12.1 Å². The lowest BCUT2D eigenvalue weighted by Gasteiger charge is -2.33. The molecule has 0 heterocycles. The summed E-state index contributed by atoms with van der Waals surface area (Å²) in [5.41, 5.74) is 2.16. The van der Waals surface area contributed by atoms with E-state index < -0.39 is 28.5 Å². The van der Waals surface area contributed by atoms with E-state index in [2.05, 4.69) is 5.32 Å². The molecule has 2 aromatic rings. The number of nitrogens with zero attached hydrogens (tertiary/aromatic N) is 2. The Bertz CT molecular complexity index is 1130. The molecule has 0 saturated carbocycles. The first kappa shape index (κ1) is 29.0. The minimum atomic E-state index is -3.85. The Morgan fingerprint density at radius 3 is 2.17 bits per heavy atom. The van der Waals surface area contributed by atoms with E-state index in [0.717, 1.165) is 28.1 Å². The average molecular weight is 520 g/mol. The van der Waals surface area contributed by atoms with Gasteiger partial charge in [0.1, 0.15) is 12.6 Å². The van der Waals surface area contributed by atoms with Gasteiger partial charge in [0.15, 0.2) is 11.5 Å². The van der Waals surface area contributed by atoms with Crippen LogP contribution >= 0.6 is 0 Å². The molecule has 0 aliphatic rings. The first-order valence-corrected chi connectivity index (χ1v) is 13.7. The quantitative estimate of drug-likeness (QED) is 0.436. The first-order chi connectivity index (χ1) is 17.0. The molecule has 0 aromatic heterocycles. The molecule has 10 heteroatoms.